The van der Waals surface area contributed by atoms with Crippen LogP contribution in [0.1, 0.15) is 25.2 Å². The Bertz CT molecular complexity index is 545. The summed E-state index contributed by atoms with van der Waals surface area (Å²) in [7, 11) is 0. The molecule has 0 aliphatic carbocycles. The predicted octanol–water partition coefficient (Wildman–Crippen LogP) is 4.11. The molecule has 1 aromatic carbocycles. The molecule has 1 aromatic heterocycles. The van der Waals surface area contributed by atoms with Gasteiger partial charge in [-0.25, -0.2) is 9.97 Å². The van der Waals surface area contributed by atoms with E-state index in [0.29, 0.717) is 5.95 Å². The molecule has 114 valence electrons. The fraction of sp³-hybridized carbons (Fsp3) is 0.375. The average Bonchev–Trinajstić information content (AvgIpc) is 2.41. The van der Waals surface area contributed by atoms with E-state index >= 15 is 0 Å². The highest BCUT2D eigenvalue weighted by atomic mass is 35.5. The largest absolute Gasteiger partial charge is 0.372 e. The van der Waals surface area contributed by atoms with Gasteiger partial charge >= 0.3 is 0 Å². The van der Waals surface area contributed by atoms with E-state index in [-0.39, 0.29) is 12.4 Å². The molecule has 2 rings (SSSR count). The monoisotopic (exact) mass is 306 g/mol. The zero-order chi connectivity index (χ0) is 14.5. The highest BCUT2D eigenvalue weighted by Gasteiger charge is 2.03. The SMILES string of the molecule is CCN(CC)c1ccc(Nc2nc(C)cc(C)n2)cc1.Cl. The van der Waals surface area contributed by atoms with Crippen LogP contribution in [-0.4, -0.2) is 23.1 Å². The van der Waals surface area contributed by atoms with Gasteiger partial charge in [-0.15, -0.1) is 12.4 Å². The maximum Gasteiger partial charge on any atom is 0.227 e. The molecule has 1 heterocycles. The molecule has 0 amide bonds. The summed E-state index contributed by atoms with van der Waals surface area (Å²) in [6.45, 7) is 10.3. The van der Waals surface area contributed by atoms with Crippen LogP contribution in [0.5, 0.6) is 0 Å². The van der Waals surface area contributed by atoms with Gasteiger partial charge in [0.2, 0.25) is 5.95 Å². The number of benzene rings is 1. The Morgan fingerprint density at radius 3 is 1.95 bits per heavy atom. The Labute approximate surface area is 133 Å². The number of hydrogen-bond donors (Lipinski definition) is 1. The molecule has 0 bridgehead atoms. The Morgan fingerprint density at radius 1 is 0.952 bits per heavy atom. The highest BCUT2D eigenvalue weighted by molar-refractivity contribution is 5.85. The van der Waals surface area contributed by atoms with Gasteiger partial charge in [0.15, 0.2) is 0 Å². The van der Waals surface area contributed by atoms with Gasteiger partial charge in [-0.3, -0.25) is 0 Å². The van der Waals surface area contributed by atoms with Gasteiger partial charge < -0.3 is 10.2 Å². The van der Waals surface area contributed by atoms with Gasteiger partial charge in [0.1, 0.15) is 0 Å². The molecule has 4 nitrogen and oxygen atoms in total. The number of aromatic nitrogens is 2. The minimum atomic E-state index is 0. The summed E-state index contributed by atoms with van der Waals surface area (Å²) < 4.78 is 0. The average molecular weight is 307 g/mol. The fourth-order valence-electron chi connectivity index (χ4n) is 2.26. The number of hydrogen-bond acceptors (Lipinski definition) is 4. The third kappa shape index (κ3) is 4.60. The van der Waals surface area contributed by atoms with Crippen molar-refractivity contribution in [1.29, 1.82) is 0 Å². The number of nitrogens with one attached hydrogen (secondary N) is 1. The quantitative estimate of drug-likeness (QED) is 0.902. The summed E-state index contributed by atoms with van der Waals surface area (Å²) in [5, 5.41) is 3.25. The van der Waals surface area contributed by atoms with E-state index in [4.69, 9.17) is 0 Å². The van der Waals surface area contributed by atoms with E-state index in [1.807, 2.05) is 19.9 Å². The molecule has 0 fully saturated rings. The third-order valence-corrected chi connectivity index (χ3v) is 3.23. The molecule has 0 saturated heterocycles. The topological polar surface area (TPSA) is 41.0 Å². The molecule has 21 heavy (non-hydrogen) atoms. The van der Waals surface area contributed by atoms with Gasteiger partial charge in [-0.2, -0.15) is 0 Å². The first kappa shape index (κ1) is 17.2. The molecule has 5 heteroatoms. The molecule has 0 atom stereocenters. The first-order valence-corrected chi connectivity index (χ1v) is 7.06. The summed E-state index contributed by atoms with van der Waals surface area (Å²) >= 11 is 0. The van der Waals surface area contributed by atoms with Crippen LogP contribution in [0.15, 0.2) is 30.3 Å². The van der Waals surface area contributed by atoms with Crippen LogP contribution >= 0.6 is 12.4 Å². The van der Waals surface area contributed by atoms with E-state index in [2.05, 4.69) is 58.3 Å². The second-order valence-electron chi connectivity index (χ2n) is 4.82. The number of halogens is 1. The van der Waals surface area contributed by atoms with E-state index < -0.39 is 0 Å². The first-order valence-electron chi connectivity index (χ1n) is 7.06. The Balaban J connectivity index is 0.00000220. The van der Waals surface area contributed by atoms with E-state index in [9.17, 15) is 0 Å². The maximum atomic E-state index is 4.39. The van der Waals surface area contributed by atoms with Crippen molar-refractivity contribution >= 4 is 29.7 Å². The Hall–Kier alpha value is -1.81. The molecule has 0 unspecified atom stereocenters. The van der Waals surface area contributed by atoms with Crippen LogP contribution in [0.4, 0.5) is 17.3 Å². The number of nitrogens with zero attached hydrogens (tertiary/aromatic N) is 3. The standard InChI is InChI=1S/C16H22N4.ClH/c1-5-20(6-2)15-9-7-14(8-10-15)19-16-17-12(3)11-13(4)18-16;/h7-11H,5-6H2,1-4H3,(H,17,18,19);1H. The van der Waals surface area contributed by atoms with E-state index in [1.54, 1.807) is 0 Å². The van der Waals surface area contributed by atoms with Crippen LogP contribution in [0.25, 0.3) is 0 Å². The lowest BCUT2D eigenvalue weighted by Crippen LogP contribution is -2.21. The second-order valence-corrected chi connectivity index (χ2v) is 4.82. The van der Waals surface area contributed by atoms with Crippen LogP contribution < -0.4 is 10.2 Å². The summed E-state index contributed by atoms with van der Waals surface area (Å²) in [5.74, 6) is 0.651. The fourth-order valence-corrected chi connectivity index (χ4v) is 2.26. The molecular weight excluding hydrogens is 284 g/mol. The van der Waals surface area contributed by atoms with Crippen LogP contribution in [0.2, 0.25) is 0 Å². The molecule has 0 aliphatic rings. The molecule has 0 aliphatic heterocycles. The molecule has 2 aromatic rings. The van der Waals surface area contributed by atoms with E-state index in [0.717, 1.165) is 30.2 Å². The number of rotatable bonds is 5. The van der Waals surface area contributed by atoms with E-state index in [1.165, 1.54) is 5.69 Å². The number of aryl methyl sites for hydroxylation is 2. The number of anilines is 3. The minimum Gasteiger partial charge on any atom is -0.372 e. The molecule has 1 N–H and O–H groups in total. The lowest BCUT2D eigenvalue weighted by atomic mass is 10.2. The first-order chi connectivity index (χ1) is 9.62. The molecular formula is C16H23ClN4. The Morgan fingerprint density at radius 2 is 1.48 bits per heavy atom. The zero-order valence-electron chi connectivity index (χ0n) is 13.1. The highest BCUT2D eigenvalue weighted by Crippen LogP contribution is 2.19. The van der Waals surface area contributed by atoms with Crippen molar-refractivity contribution in [2.45, 2.75) is 27.7 Å². The van der Waals surface area contributed by atoms with Crippen LogP contribution in [0.3, 0.4) is 0 Å². The van der Waals surface area contributed by atoms with Gasteiger partial charge in [-0.1, -0.05) is 0 Å². The lowest BCUT2D eigenvalue weighted by molar-refractivity contribution is 0.866. The summed E-state index contributed by atoms with van der Waals surface area (Å²) in [4.78, 5) is 11.1. The maximum absolute atomic E-state index is 4.39. The Kier molecular flexibility index (Phi) is 6.43. The minimum absolute atomic E-state index is 0. The van der Waals surface area contributed by atoms with Crippen LogP contribution in [-0.2, 0) is 0 Å². The normalized spacial score (nSPS) is 9.90. The molecule has 0 radical (unpaired) electrons. The smallest absolute Gasteiger partial charge is 0.227 e. The van der Waals surface area contributed by atoms with Crippen molar-refractivity contribution in [2.75, 3.05) is 23.3 Å². The van der Waals surface area contributed by atoms with Crippen molar-refractivity contribution in [3.8, 4) is 0 Å². The summed E-state index contributed by atoms with van der Waals surface area (Å²) in [6.07, 6.45) is 0. The van der Waals surface area contributed by atoms with Gasteiger partial charge in [0.05, 0.1) is 0 Å². The second kappa shape index (κ2) is 7.84. The van der Waals surface area contributed by atoms with Crippen LogP contribution in [0, 0.1) is 13.8 Å². The van der Waals surface area contributed by atoms with Gasteiger partial charge in [0.25, 0.3) is 0 Å². The lowest BCUT2D eigenvalue weighted by Gasteiger charge is -2.21. The van der Waals surface area contributed by atoms with Crippen molar-refractivity contribution < 1.29 is 0 Å². The van der Waals surface area contributed by atoms with Crippen molar-refractivity contribution in [3.63, 3.8) is 0 Å². The predicted molar refractivity (Wildman–Crippen MR) is 92.0 cm³/mol. The summed E-state index contributed by atoms with van der Waals surface area (Å²) in [6, 6.07) is 10.3. The van der Waals surface area contributed by atoms with Crippen molar-refractivity contribution in [2.24, 2.45) is 0 Å². The zero-order valence-corrected chi connectivity index (χ0v) is 13.9. The molecule has 0 spiro atoms. The molecule has 0 saturated carbocycles. The third-order valence-electron chi connectivity index (χ3n) is 3.23. The van der Waals surface area contributed by atoms with Gasteiger partial charge in [-0.05, 0) is 58.0 Å². The van der Waals surface area contributed by atoms with Crippen molar-refractivity contribution in [3.05, 3.63) is 41.7 Å². The van der Waals surface area contributed by atoms with Gasteiger partial charge in [0, 0.05) is 35.9 Å². The van der Waals surface area contributed by atoms with Crippen molar-refractivity contribution in [1.82, 2.24) is 9.97 Å². The summed E-state index contributed by atoms with van der Waals surface area (Å²) in [5.41, 5.74) is 4.19.